The fourth-order valence-electron chi connectivity index (χ4n) is 4.02. The van der Waals surface area contributed by atoms with Gasteiger partial charge < -0.3 is 14.4 Å². The second kappa shape index (κ2) is 7.54. The summed E-state index contributed by atoms with van der Waals surface area (Å²) < 4.78 is 12.5. The molecule has 3 aromatic rings. The van der Waals surface area contributed by atoms with Crippen LogP contribution in [0.15, 0.2) is 48.8 Å². The highest BCUT2D eigenvalue weighted by molar-refractivity contribution is 5.94. The van der Waals surface area contributed by atoms with Gasteiger partial charge in [0.2, 0.25) is 6.79 Å². The summed E-state index contributed by atoms with van der Waals surface area (Å²) in [6, 6.07) is 13.5. The molecule has 0 atom stereocenters. The van der Waals surface area contributed by atoms with Crippen LogP contribution in [0.25, 0.3) is 5.69 Å². The Kier molecular flexibility index (Phi) is 4.59. The maximum absolute atomic E-state index is 13.4. The van der Waals surface area contributed by atoms with E-state index in [0.717, 1.165) is 48.4 Å². The van der Waals surface area contributed by atoms with Gasteiger partial charge in [-0.1, -0.05) is 18.9 Å². The Morgan fingerprint density at radius 1 is 1.07 bits per heavy atom. The number of rotatable bonds is 5. The summed E-state index contributed by atoms with van der Waals surface area (Å²) in [7, 11) is 0. The highest BCUT2D eigenvalue weighted by Gasteiger charge is 2.28. The number of aromatic nitrogens is 4. The molecule has 0 unspecified atom stereocenters. The number of tetrazole rings is 1. The lowest BCUT2D eigenvalue weighted by atomic mass is 10.1. The second-order valence-corrected chi connectivity index (χ2v) is 7.36. The van der Waals surface area contributed by atoms with Gasteiger partial charge in [0.25, 0.3) is 5.91 Å². The van der Waals surface area contributed by atoms with Crippen molar-refractivity contribution in [2.45, 2.75) is 38.3 Å². The van der Waals surface area contributed by atoms with Crippen molar-refractivity contribution in [2.24, 2.45) is 0 Å². The van der Waals surface area contributed by atoms with Crippen LogP contribution in [-0.2, 0) is 6.54 Å². The van der Waals surface area contributed by atoms with E-state index in [1.165, 1.54) is 6.33 Å². The average molecular weight is 391 g/mol. The van der Waals surface area contributed by atoms with Crippen molar-refractivity contribution in [1.82, 2.24) is 25.1 Å². The molecule has 5 rings (SSSR count). The van der Waals surface area contributed by atoms with E-state index in [2.05, 4.69) is 15.5 Å². The van der Waals surface area contributed by atoms with Crippen molar-refractivity contribution in [1.29, 1.82) is 0 Å². The SMILES string of the molecule is O=C(c1ccc(-n2cnnn2)cc1)N(Cc1ccc2c(c1)OCO2)C1CCCC1. The molecule has 0 spiro atoms. The normalized spacial score (nSPS) is 15.6. The van der Waals surface area contributed by atoms with E-state index >= 15 is 0 Å². The first-order chi connectivity index (χ1) is 14.3. The van der Waals surface area contributed by atoms with Crippen molar-refractivity contribution in [2.75, 3.05) is 6.79 Å². The van der Waals surface area contributed by atoms with E-state index < -0.39 is 0 Å². The van der Waals surface area contributed by atoms with Crippen molar-refractivity contribution in [3.8, 4) is 17.2 Å². The summed E-state index contributed by atoms with van der Waals surface area (Å²) in [4.78, 5) is 15.4. The summed E-state index contributed by atoms with van der Waals surface area (Å²) in [5, 5.41) is 11.2. The fraction of sp³-hybridized carbons (Fsp3) is 0.333. The Morgan fingerprint density at radius 3 is 2.62 bits per heavy atom. The average Bonchev–Trinajstić information content (AvgIpc) is 3.53. The summed E-state index contributed by atoms with van der Waals surface area (Å²) in [6.07, 6.45) is 5.93. The Hall–Kier alpha value is -3.42. The van der Waals surface area contributed by atoms with Crippen molar-refractivity contribution < 1.29 is 14.3 Å². The number of hydrogen-bond acceptors (Lipinski definition) is 6. The maximum Gasteiger partial charge on any atom is 0.254 e. The van der Waals surface area contributed by atoms with E-state index in [1.54, 1.807) is 4.68 Å². The minimum atomic E-state index is 0.0397. The minimum absolute atomic E-state index is 0.0397. The van der Waals surface area contributed by atoms with E-state index in [1.807, 2.05) is 47.4 Å². The lowest BCUT2D eigenvalue weighted by Crippen LogP contribution is -2.38. The Bertz CT molecular complexity index is 998. The number of ether oxygens (including phenoxy) is 2. The van der Waals surface area contributed by atoms with Gasteiger partial charge in [0, 0.05) is 18.2 Å². The number of fused-ring (bicyclic) bond motifs is 1. The van der Waals surface area contributed by atoms with Crippen LogP contribution >= 0.6 is 0 Å². The highest BCUT2D eigenvalue weighted by Crippen LogP contribution is 2.34. The molecule has 0 radical (unpaired) electrons. The Labute approximate surface area is 168 Å². The number of carbonyl (C=O) groups excluding carboxylic acids is 1. The van der Waals surface area contributed by atoms with Crippen LogP contribution in [0.3, 0.4) is 0 Å². The first-order valence-corrected chi connectivity index (χ1v) is 9.81. The molecule has 2 heterocycles. The molecule has 2 aliphatic rings. The molecular weight excluding hydrogens is 370 g/mol. The number of benzene rings is 2. The molecule has 8 nitrogen and oxygen atoms in total. The predicted octanol–water partition coefficient (Wildman–Crippen LogP) is 2.98. The van der Waals surface area contributed by atoms with Gasteiger partial charge in [0.1, 0.15) is 6.33 Å². The van der Waals surface area contributed by atoms with Crippen LogP contribution < -0.4 is 9.47 Å². The summed E-state index contributed by atoms with van der Waals surface area (Å²) in [6.45, 7) is 0.798. The van der Waals surface area contributed by atoms with Gasteiger partial charge in [-0.2, -0.15) is 0 Å². The second-order valence-electron chi connectivity index (χ2n) is 7.36. The zero-order chi connectivity index (χ0) is 19.6. The molecule has 0 N–H and O–H groups in total. The van der Waals surface area contributed by atoms with Crippen LogP contribution in [0.1, 0.15) is 41.6 Å². The summed E-state index contributed by atoms with van der Waals surface area (Å²) in [5.74, 6) is 1.54. The number of carbonyl (C=O) groups is 1. The summed E-state index contributed by atoms with van der Waals surface area (Å²) >= 11 is 0. The van der Waals surface area contributed by atoms with Crippen LogP contribution in [0.4, 0.5) is 0 Å². The van der Waals surface area contributed by atoms with Gasteiger partial charge in [-0.15, -0.1) is 5.10 Å². The van der Waals surface area contributed by atoms with E-state index in [9.17, 15) is 4.79 Å². The van der Waals surface area contributed by atoms with Gasteiger partial charge in [-0.25, -0.2) is 4.68 Å². The van der Waals surface area contributed by atoms with Crippen molar-refractivity contribution in [3.05, 3.63) is 59.9 Å². The molecule has 1 aromatic heterocycles. The Balaban J connectivity index is 1.39. The lowest BCUT2D eigenvalue weighted by Gasteiger charge is -2.29. The number of hydrogen-bond donors (Lipinski definition) is 0. The van der Waals surface area contributed by atoms with Crippen LogP contribution in [-0.4, -0.2) is 43.8 Å². The fourth-order valence-corrected chi connectivity index (χ4v) is 4.02. The lowest BCUT2D eigenvalue weighted by molar-refractivity contribution is 0.0664. The van der Waals surface area contributed by atoms with Gasteiger partial charge >= 0.3 is 0 Å². The third-order valence-corrected chi connectivity index (χ3v) is 5.54. The predicted molar refractivity (Wildman–Crippen MR) is 104 cm³/mol. The zero-order valence-electron chi connectivity index (χ0n) is 15.9. The Morgan fingerprint density at radius 2 is 1.86 bits per heavy atom. The third-order valence-electron chi connectivity index (χ3n) is 5.54. The van der Waals surface area contributed by atoms with Gasteiger partial charge in [-0.3, -0.25) is 4.79 Å². The molecule has 148 valence electrons. The molecule has 1 aliphatic carbocycles. The number of amides is 1. The molecular formula is C21H21N5O3. The van der Waals surface area contributed by atoms with Gasteiger partial charge in [0.05, 0.1) is 5.69 Å². The molecule has 0 saturated heterocycles. The van der Waals surface area contributed by atoms with E-state index in [-0.39, 0.29) is 18.7 Å². The largest absolute Gasteiger partial charge is 0.454 e. The monoisotopic (exact) mass is 391 g/mol. The van der Waals surface area contributed by atoms with E-state index in [4.69, 9.17) is 9.47 Å². The molecule has 1 saturated carbocycles. The third kappa shape index (κ3) is 3.53. The molecule has 8 heteroatoms. The highest BCUT2D eigenvalue weighted by atomic mass is 16.7. The van der Waals surface area contributed by atoms with Crippen LogP contribution in [0.5, 0.6) is 11.5 Å². The molecule has 1 amide bonds. The molecule has 29 heavy (non-hydrogen) atoms. The zero-order valence-corrected chi connectivity index (χ0v) is 15.9. The first-order valence-electron chi connectivity index (χ1n) is 9.81. The topological polar surface area (TPSA) is 82.4 Å². The van der Waals surface area contributed by atoms with Gasteiger partial charge in [-0.05, 0) is 65.2 Å². The van der Waals surface area contributed by atoms with Crippen molar-refractivity contribution in [3.63, 3.8) is 0 Å². The molecule has 1 fully saturated rings. The molecule has 0 bridgehead atoms. The molecule has 1 aliphatic heterocycles. The first kappa shape index (κ1) is 17.7. The number of nitrogens with zero attached hydrogens (tertiary/aromatic N) is 5. The smallest absolute Gasteiger partial charge is 0.254 e. The molecule has 2 aromatic carbocycles. The van der Waals surface area contributed by atoms with Crippen molar-refractivity contribution >= 4 is 5.91 Å². The van der Waals surface area contributed by atoms with Gasteiger partial charge in [0.15, 0.2) is 11.5 Å². The standard InChI is InChI=1S/C21H21N5O3/c27-21(16-6-8-18(9-7-16)26-13-22-23-24-26)25(17-3-1-2-4-17)12-15-5-10-19-20(11-15)29-14-28-19/h5-11,13,17H,1-4,12,14H2. The van der Waals surface area contributed by atoms with E-state index in [0.29, 0.717) is 12.1 Å². The minimum Gasteiger partial charge on any atom is -0.454 e. The summed E-state index contributed by atoms with van der Waals surface area (Å²) in [5.41, 5.74) is 2.52. The van der Waals surface area contributed by atoms with Crippen LogP contribution in [0.2, 0.25) is 0 Å². The quantitative estimate of drug-likeness (QED) is 0.665. The van der Waals surface area contributed by atoms with Crippen LogP contribution in [0, 0.1) is 0 Å². The maximum atomic E-state index is 13.4.